The van der Waals surface area contributed by atoms with Gasteiger partial charge < -0.3 is 14.6 Å². The number of fused-ring (bicyclic) bond motifs is 2. The molecule has 1 fully saturated rings. The van der Waals surface area contributed by atoms with Crippen molar-refractivity contribution in [3.05, 3.63) is 88.7 Å². The van der Waals surface area contributed by atoms with Crippen LogP contribution in [0.1, 0.15) is 29.7 Å². The van der Waals surface area contributed by atoms with E-state index in [4.69, 9.17) is 9.47 Å². The van der Waals surface area contributed by atoms with Crippen molar-refractivity contribution < 1.29 is 28.6 Å². The third-order valence-electron chi connectivity index (χ3n) is 6.60. The largest absolute Gasteiger partial charge is 0.507 e. The van der Waals surface area contributed by atoms with Gasteiger partial charge in [0.2, 0.25) is 0 Å². The first-order valence-corrected chi connectivity index (χ1v) is 12.5. The number of anilines is 1. The van der Waals surface area contributed by atoms with Gasteiger partial charge in [-0.2, -0.15) is 0 Å². The molecule has 9 heteroatoms. The van der Waals surface area contributed by atoms with Crippen molar-refractivity contribution in [1.29, 1.82) is 0 Å². The number of Topliss-reactive ketones (excluding diaryl/α,β-unsaturated/α-hetero) is 1. The number of carbonyl (C=O) groups is 2. The molecule has 3 heterocycles. The summed E-state index contributed by atoms with van der Waals surface area (Å²) in [4.78, 5) is 32.5. The van der Waals surface area contributed by atoms with E-state index in [0.29, 0.717) is 29.0 Å². The molecule has 0 aliphatic carbocycles. The number of carbonyl (C=O) groups excluding carboxylic acids is 2. The Morgan fingerprint density at radius 2 is 1.97 bits per heavy atom. The molecule has 1 saturated heterocycles. The molecule has 0 saturated carbocycles. The average Bonchev–Trinajstić information content (AvgIpc) is 3.55. The van der Waals surface area contributed by atoms with Crippen LogP contribution in [0.5, 0.6) is 11.5 Å². The summed E-state index contributed by atoms with van der Waals surface area (Å²) in [5, 5.41) is 11.6. The molecule has 2 aliphatic heterocycles. The number of hydrogen-bond donors (Lipinski definition) is 1. The molecule has 1 aromatic heterocycles. The van der Waals surface area contributed by atoms with Crippen LogP contribution in [0.3, 0.4) is 0 Å². The Kier molecular flexibility index (Phi) is 5.45. The fourth-order valence-corrected chi connectivity index (χ4v) is 5.89. The topological polar surface area (TPSA) is 89.0 Å². The summed E-state index contributed by atoms with van der Waals surface area (Å²) in [5.74, 6) is -1.46. The van der Waals surface area contributed by atoms with Gasteiger partial charge in [0.25, 0.3) is 5.78 Å². The summed E-state index contributed by atoms with van der Waals surface area (Å²) in [7, 11) is 1.55. The van der Waals surface area contributed by atoms with Gasteiger partial charge in [-0.1, -0.05) is 29.5 Å². The number of ether oxygens (including phenoxy) is 2. The van der Waals surface area contributed by atoms with Crippen LogP contribution in [0.25, 0.3) is 16.0 Å². The van der Waals surface area contributed by atoms with Crippen LogP contribution in [0, 0.1) is 5.82 Å². The minimum Gasteiger partial charge on any atom is -0.507 e. The normalized spacial score (nSPS) is 20.4. The van der Waals surface area contributed by atoms with Crippen LogP contribution in [0.15, 0.2) is 66.2 Å². The van der Waals surface area contributed by atoms with E-state index in [0.717, 1.165) is 10.3 Å². The fourth-order valence-electron chi connectivity index (χ4n) is 4.87. The van der Waals surface area contributed by atoms with Gasteiger partial charge in [-0.15, -0.1) is 0 Å². The third-order valence-corrected chi connectivity index (χ3v) is 7.62. The second-order valence-corrected chi connectivity index (χ2v) is 9.98. The molecular weight excluding hydrogens is 495 g/mol. The number of thiazole rings is 1. The Hall–Kier alpha value is -4.24. The number of benzene rings is 3. The van der Waals surface area contributed by atoms with Gasteiger partial charge >= 0.3 is 5.91 Å². The molecule has 3 aromatic carbocycles. The van der Waals surface area contributed by atoms with Crippen LogP contribution < -0.4 is 14.4 Å². The Morgan fingerprint density at radius 1 is 1.16 bits per heavy atom. The van der Waals surface area contributed by atoms with E-state index in [9.17, 15) is 14.7 Å². The fraction of sp³-hybridized carbons (Fsp3) is 0.179. The van der Waals surface area contributed by atoms with Crippen molar-refractivity contribution in [3.8, 4) is 11.5 Å². The zero-order chi connectivity index (χ0) is 25.8. The number of nitrogens with zero attached hydrogens (tertiary/aromatic N) is 2. The number of aliphatic hydroxyl groups excluding tert-OH is 1. The van der Waals surface area contributed by atoms with Gasteiger partial charge in [0.05, 0.1) is 22.9 Å². The van der Waals surface area contributed by atoms with E-state index in [1.54, 1.807) is 49.6 Å². The summed E-state index contributed by atoms with van der Waals surface area (Å²) in [6.07, 6.45) is 0.644. The molecule has 6 rings (SSSR count). The number of ketones is 1. The maximum absolute atomic E-state index is 15.1. The minimum absolute atomic E-state index is 0.00551. The molecule has 0 spiro atoms. The minimum atomic E-state index is -1.20. The van der Waals surface area contributed by atoms with Crippen molar-refractivity contribution in [2.75, 3.05) is 12.0 Å². The lowest BCUT2D eigenvalue weighted by Crippen LogP contribution is -2.29. The predicted octanol–water partition coefficient (Wildman–Crippen LogP) is 5.39. The summed E-state index contributed by atoms with van der Waals surface area (Å²) in [6.45, 7) is 1.94. The first kappa shape index (κ1) is 23.2. The third kappa shape index (κ3) is 3.74. The van der Waals surface area contributed by atoms with Crippen molar-refractivity contribution >= 4 is 44.1 Å². The van der Waals surface area contributed by atoms with E-state index >= 15 is 4.39 Å². The number of aromatic nitrogens is 1. The highest BCUT2D eigenvalue weighted by atomic mass is 32.1. The van der Waals surface area contributed by atoms with E-state index in [1.165, 1.54) is 34.4 Å². The van der Waals surface area contributed by atoms with Gasteiger partial charge in [-0.05, 0) is 55.0 Å². The van der Waals surface area contributed by atoms with Gasteiger partial charge in [-0.25, -0.2) is 9.37 Å². The Labute approximate surface area is 215 Å². The second kappa shape index (κ2) is 8.70. The van der Waals surface area contributed by atoms with Crippen molar-refractivity contribution in [2.24, 2.45) is 0 Å². The van der Waals surface area contributed by atoms with Crippen molar-refractivity contribution in [2.45, 2.75) is 25.5 Å². The van der Waals surface area contributed by atoms with E-state index in [-0.39, 0.29) is 28.1 Å². The summed E-state index contributed by atoms with van der Waals surface area (Å²) >= 11 is 1.18. The summed E-state index contributed by atoms with van der Waals surface area (Å²) < 4.78 is 26.9. The van der Waals surface area contributed by atoms with Crippen molar-refractivity contribution in [1.82, 2.24) is 4.98 Å². The molecule has 1 amide bonds. The smallest absolute Gasteiger partial charge is 0.301 e. The van der Waals surface area contributed by atoms with E-state index in [1.807, 2.05) is 6.92 Å². The molecule has 7 nitrogen and oxygen atoms in total. The molecule has 0 radical (unpaired) electrons. The van der Waals surface area contributed by atoms with Crippen LogP contribution in [0.2, 0.25) is 0 Å². The number of aliphatic hydroxyl groups is 1. The molecule has 2 atom stereocenters. The number of halogens is 1. The van der Waals surface area contributed by atoms with Gasteiger partial charge in [0.15, 0.2) is 5.13 Å². The Bertz CT molecular complexity index is 1630. The highest BCUT2D eigenvalue weighted by Gasteiger charge is 2.49. The van der Waals surface area contributed by atoms with E-state index < -0.39 is 23.5 Å². The molecule has 37 heavy (non-hydrogen) atoms. The predicted molar refractivity (Wildman–Crippen MR) is 138 cm³/mol. The Morgan fingerprint density at radius 3 is 2.76 bits per heavy atom. The van der Waals surface area contributed by atoms with Crippen LogP contribution in [-0.2, 0) is 16.0 Å². The summed E-state index contributed by atoms with van der Waals surface area (Å²) in [5.41, 5.74) is 1.72. The van der Waals surface area contributed by atoms with Crippen LogP contribution in [-0.4, -0.2) is 35.0 Å². The molecule has 186 valence electrons. The first-order valence-electron chi connectivity index (χ1n) is 11.7. The average molecular weight is 517 g/mol. The first-order chi connectivity index (χ1) is 17.9. The second-order valence-electron chi connectivity index (χ2n) is 8.98. The van der Waals surface area contributed by atoms with Gasteiger partial charge in [0.1, 0.15) is 35.2 Å². The number of methoxy groups -OCH3 is 1. The zero-order valence-corrected chi connectivity index (χ0v) is 20.7. The van der Waals surface area contributed by atoms with Gasteiger partial charge in [0, 0.05) is 17.5 Å². The number of hydrogen-bond acceptors (Lipinski definition) is 7. The molecule has 4 aromatic rings. The highest BCUT2D eigenvalue weighted by molar-refractivity contribution is 7.22. The molecule has 2 unspecified atom stereocenters. The monoisotopic (exact) mass is 516 g/mol. The zero-order valence-electron chi connectivity index (χ0n) is 19.9. The van der Waals surface area contributed by atoms with Crippen LogP contribution in [0.4, 0.5) is 9.52 Å². The van der Waals surface area contributed by atoms with E-state index in [2.05, 4.69) is 4.98 Å². The van der Waals surface area contributed by atoms with Gasteiger partial charge in [-0.3, -0.25) is 14.5 Å². The highest BCUT2D eigenvalue weighted by Crippen LogP contribution is 2.45. The van der Waals surface area contributed by atoms with Crippen LogP contribution >= 0.6 is 11.3 Å². The summed E-state index contributed by atoms with van der Waals surface area (Å²) in [6, 6.07) is 15.1. The SMILES string of the molecule is COc1ccc2nc(N3C(=O)C(=O)/C(=C(\O)c4ccc5c(c4)CC(C)O5)C3c3ccccc3F)sc2c1. The number of rotatable bonds is 4. The molecule has 1 N–H and O–H groups in total. The maximum Gasteiger partial charge on any atom is 0.301 e. The number of amides is 1. The van der Waals surface area contributed by atoms with Crippen molar-refractivity contribution in [3.63, 3.8) is 0 Å². The Balaban J connectivity index is 1.54. The molecule has 0 bridgehead atoms. The molecular formula is C28H21FN2O5S. The lowest BCUT2D eigenvalue weighted by atomic mass is 9.94. The molecule has 2 aliphatic rings. The standard InChI is InChI=1S/C28H21FN2O5S/c1-14-11-16-12-15(7-10-21(16)36-14)25(32)23-24(18-5-3-4-6-19(18)29)31(27(34)26(23)33)28-30-20-9-8-17(35-2)13-22(20)37-28/h3-10,12-14,24,32H,11H2,1-2H3/b25-23-. The lowest BCUT2D eigenvalue weighted by Gasteiger charge is -2.23. The maximum atomic E-state index is 15.1. The lowest BCUT2D eigenvalue weighted by molar-refractivity contribution is -0.132. The quantitative estimate of drug-likeness (QED) is 0.222.